The zero-order chi connectivity index (χ0) is 26.0. The highest BCUT2D eigenvalue weighted by Gasteiger charge is 2.48. The van der Waals surface area contributed by atoms with Gasteiger partial charge in [0.25, 0.3) is 5.78 Å². The molecule has 0 spiro atoms. The Morgan fingerprint density at radius 1 is 1.28 bits per heavy atom. The number of amides is 1. The molecule has 1 aliphatic heterocycles. The molecule has 3 heterocycles. The number of ketones is 1. The molecular formula is C26H23N3O6S. The van der Waals surface area contributed by atoms with E-state index in [1.807, 2.05) is 0 Å². The van der Waals surface area contributed by atoms with E-state index in [1.54, 1.807) is 50.4 Å². The van der Waals surface area contributed by atoms with Crippen molar-refractivity contribution in [2.75, 3.05) is 18.6 Å². The molecule has 10 heteroatoms. The minimum atomic E-state index is -1.01. The van der Waals surface area contributed by atoms with Gasteiger partial charge >= 0.3 is 11.9 Å². The van der Waals surface area contributed by atoms with E-state index in [-0.39, 0.29) is 27.9 Å². The number of pyridine rings is 1. The monoisotopic (exact) mass is 505 g/mol. The van der Waals surface area contributed by atoms with Crippen molar-refractivity contribution in [1.29, 1.82) is 0 Å². The van der Waals surface area contributed by atoms with E-state index in [4.69, 9.17) is 9.47 Å². The molecule has 1 fully saturated rings. The molecule has 1 N–H and O–H groups in total. The molecule has 184 valence electrons. The number of aliphatic hydroxyl groups excluding tert-OH is 1. The number of aromatic nitrogens is 2. The third-order valence-electron chi connectivity index (χ3n) is 5.62. The number of nitrogens with zero attached hydrogens (tertiary/aromatic N) is 3. The third-order valence-corrected chi connectivity index (χ3v) is 6.76. The lowest BCUT2D eigenvalue weighted by atomic mass is 9.96. The zero-order valence-corrected chi connectivity index (χ0v) is 20.7. The van der Waals surface area contributed by atoms with E-state index in [0.29, 0.717) is 22.6 Å². The van der Waals surface area contributed by atoms with Gasteiger partial charge in [0.05, 0.1) is 24.4 Å². The molecule has 0 unspecified atom stereocenters. The van der Waals surface area contributed by atoms with Crippen molar-refractivity contribution in [1.82, 2.24) is 9.97 Å². The molecule has 2 aromatic heterocycles. The van der Waals surface area contributed by atoms with Crippen LogP contribution in [0.25, 0.3) is 5.76 Å². The molecule has 36 heavy (non-hydrogen) atoms. The number of benzene rings is 1. The highest BCUT2D eigenvalue weighted by Crippen LogP contribution is 2.44. The largest absolute Gasteiger partial charge is 0.507 e. The van der Waals surface area contributed by atoms with E-state index >= 15 is 0 Å². The van der Waals surface area contributed by atoms with Gasteiger partial charge in [-0.2, -0.15) is 0 Å². The summed E-state index contributed by atoms with van der Waals surface area (Å²) in [6.07, 6.45) is 4.51. The fourth-order valence-electron chi connectivity index (χ4n) is 3.94. The minimum Gasteiger partial charge on any atom is -0.507 e. The van der Waals surface area contributed by atoms with Gasteiger partial charge in [-0.25, -0.2) is 9.78 Å². The number of rotatable bonds is 7. The summed E-state index contributed by atoms with van der Waals surface area (Å²) in [5, 5.41) is 11.4. The van der Waals surface area contributed by atoms with Gasteiger partial charge in [-0.1, -0.05) is 30.1 Å². The second-order valence-electron chi connectivity index (χ2n) is 7.94. The highest BCUT2D eigenvalue weighted by atomic mass is 32.1. The molecule has 0 bridgehead atoms. The second-order valence-corrected chi connectivity index (χ2v) is 8.92. The topological polar surface area (TPSA) is 119 Å². The summed E-state index contributed by atoms with van der Waals surface area (Å²) in [4.78, 5) is 48.9. The SMILES string of the molecule is C=CCOC(=O)c1sc(N2C(=O)C(=O)/C(=C(/O)c3ccc(OC)c(C)c3)[C@@H]2c2cccnc2)nc1C. The number of thiazole rings is 1. The van der Waals surface area contributed by atoms with Gasteiger partial charge < -0.3 is 14.6 Å². The van der Waals surface area contributed by atoms with Crippen molar-refractivity contribution in [3.63, 3.8) is 0 Å². The summed E-state index contributed by atoms with van der Waals surface area (Å²) >= 11 is 0.928. The summed E-state index contributed by atoms with van der Waals surface area (Å²) in [5.74, 6) is -2.09. The van der Waals surface area contributed by atoms with Crippen molar-refractivity contribution in [2.24, 2.45) is 0 Å². The maximum Gasteiger partial charge on any atom is 0.350 e. The van der Waals surface area contributed by atoms with Crippen LogP contribution in [-0.2, 0) is 14.3 Å². The molecular weight excluding hydrogens is 482 g/mol. The van der Waals surface area contributed by atoms with Crippen LogP contribution >= 0.6 is 11.3 Å². The van der Waals surface area contributed by atoms with Gasteiger partial charge in [0, 0.05) is 18.0 Å². The van der Waals surface area contributed by atoms with Crippen molar-refractivity contribution in [2.45, 2.75) is 19.9 Å². The van der Waals surface area contributed by atoms with Crippen LogP contribution in [0.2, 0.25) is 0 Å². The maximum absolute atomic E-state index is 13.3. The Labute approximate surface area is 211 Å². The molecule has 1 saturated heterocycles. The number of carbonyl (C=O) groups excluding carboxylic acids is 3. The first-order chi connectivity index (χ1) is 17.3. The molecule has 3 aromatic rings. The van der Waals surface area contributed by atoms with Gasteiger partial charge in [0.1, 0.15) is 23.0 Å². The number of hydrogen-bond acceptors (Lipinski definition) is 9. The van der Waals surface area contributed by atoms with Gasteiger partial charge in [-0.3, -0.25) is 19.5 Å². The Hall–Kier alpha value is -4.31. The summed E-state index contributed by atoms with van der Waals surface area (Å²) in [5.41, 5.74) is 1.83. The number of carbonyl (C=O) groups is 3. The standard InChI is InChI=1S/C26H23N3O6S/c1-5-11-35-25(33)23-15(3)28-26(36-23)29-20(17-7-6-10-27-13-17)19(22(31)24(29)32)21(30)16-8-9-18(34-4)14(2)12-16/h5-10,12-13,20,30H,1,11H2,2-4H3/b21-19+/t20-/m0/s1. The number of anilines is 1. The summed E-state index contributed by atoms with van der Waals surface area (Å²) in [6.45, 7) is 6.96. The Kier molecular flexibility index (Phi) is 6.98. The van der Waals surface area contributed by atoms with Crippen LogP contribution in [-0.4, -0.2) is 46.5 Å². The van der Waals surface area contributed by atoms with Crippen LogP contribution in [0.3, 0.4) is 0 Å². The predicted octanol–water partition coefficient (Wildman–Crippen LogP) is 4.13. The van der Waals surface area contributed by atoms with Crippen molar-refractivity contribution in [3.05, 3.63) is 88.2 Å². The maximum atomic E-state index is 13.3. The van der Waals surface area contributed by atoms with Crippen molar-refractivity contribution >= 4 is 39.9 Å². The Morgan fingerprint density at radius 2 is 2.06 bits per heavy atom. The smallest absolute Gasteiger partial charge is 0.350 e. The molecule has 1 amide bonds. The van der Waals surface area contributed by atoms with Crippen LogP contribution < -0.4 is 9.64 Å². The molecule has 1 aromatic carbocycles. The Balaban J connectivity index is 1.87. The Morgan fingerprint density at radius 3 is 2.69 bits per heavy atom. The van der Waals surface area contributed by atoms with E-state index in [0.717, 1.165) is 16.9 Å². The first-order valence-corrected chi connectivity index (χ1v) is 11.7. The van der Waals surface area contributed by atoms with Crippen molar-refractivity contribution < 1.29 is 29.0 Å². The minimum absolute atomic E-state index is 0.0208. The summed E-state index contributed by atoms with van der Waals surface area (Å²) in [6, 6.07) is 7.30. The number of esters is 1. The average molecular weight is 506 g/mol. The average Bonchev–Trinajstić information content (AvgIpc) is 3.39. The number of aliphatic hydroxyl groups is 1. The van der Waals surface area contributed by atoms with E-state index in [2.05, 4.69) is 16.5 Å². The fraction of sp³-hybridized carbons (Fsp3) is 0.192. The first-order valence-electron chi connectivity index (χ1n) is 10.9. The highest BCUT2D eigenvalue weighted by molar-refractivity contribution is 7.17. The summed E-state index contributed by atoms with van der Waals surface area (Å²) in [7, 11) is 1.53. The lowest BCUT2D eigenvalue weighted by Gasteiger charge is -2.22. The van der Waals surface area contributed by atoms with Crippen LogP contribution in [0, 0.1) is 13.8 Å². The second kappa shape index (κ2) is 10.1. The lowest BCUT2D eigenvalue weighted by Crippen LogP contribution is -2.29. The molecule has 0 saturated carbocycles. The van der Waals surface area contributed by atoms with Crippen LogP contribution in [0.4, 0.5) is 5.13 Å². The summed E-state index contributed by atoms with van der Waals surface area (Å²) < 4.78 is 10.4. The van der Waals surface area contributed by atoms with E-state index in [9.17, 15) is 19.5 Å². The third kappa shape index (κ3) is 4.38. The van der Waals surface area contributed by atoms with Crippen LogP contribution in [0.1, 0.15) is 38.1 Å². The fourth-order valence-corrected chi connectivity index (χ4v) is 4.93. The van der Waals surface area contributed by atoms with Gasteiger partial charge in [0.2, 0.25) is 0 Å². The number of methoxy groups -OCH3 is 1. The molecule has 1 aliphatic rings. The molecule has 0 radical (unpaired) electrons. The van der Waals surface area contributed by atoms with Crippen LogP contribution in [0.15, 0.2) is 61.0 Å². The number of Topliss-reactive ketones (excluding diaryl/α,β-unsaturated/α-hetero) is 1. The molecule has 1 atom stereocenters. The zero-order valence-electron chi connectivity index (χ0n) is 19.8. The Bertz CT molecular complexity index is 1400. The molecule has 0 aliphatic carbocycles. The molecule has 9 nitrogen and oxygen atoms in total. The normalized spacial score (nSPS) is 16.8. The van der Waals surface area contributed by atoms with Gasteiger partial charge in [-0.15, -0.1) is 0 Å². The van der Waals surface area contributed by atoms with Gasteiger partial charge in [0.15, 0.2) is 5.13 Å². The van der Waals surface area contributed by atoms with Crippen molar-refractivity contribution in [3.8, 4) is 5.75 Å². The van der Waals surface area contributed by atoms with Crippen LogP contribution in [0.5, 0.6) is 5.75 Å². The number of hydrogen-bond donors (Lipinski definition) is 1. The van der Waals surface area contributed by atoms with E-state index < -0.39 is 23.7 Å². The molecule has 4 rings (SSSR count). The van der Waals surface area contributed by atoms with Gasteiger partial charge in [-0.05, 0) is 49.2 Å². The number of ether oxygens (including phenoxy) is 2. The first kappa shape index (κ1) is 24.8. The quantitative estimate of drug-likeness (QED) is 0.167. The number of aryl methyl sites for hydroxylation is 2. The van der Waals surface area contributed by atoms with E-state index in [1.165, 1.54) is 24.3 Å². The lowest BCUT2D eigenvalue weighted by molar-refractivity contribution is -0.132. The predicted molar refractivity (Wildman–Crippen MR) is 134 cm³/mol.